The van der Waals surface area contributed by atoms with E-state index in [1.807, 2.05) is 30.3 Å². The average molecular weight is 439 g/mol. The van der Waals surface area contributed by atoms with Gasteiger partial charge >= 0.3 is 5.97 Å². The van der Waals surface area contributed by atoms with Crippen LogP contribution < -0.4 is 22.3 Å². The number of nitrogens with one attached hydrogen (secondary N) is 2. The monoisotopic (exact) mass is 438 g/mol. The second kappa shape index (κ2) is 11.3. The molecule has 0 spiro atoms. The van der Waals surface area contributed by atoms with Gasteiger partial charge in [-0.1, -0.05) is 30.3 Å². The van der Waals surface area contributed by atoms with Crippen molar-refractivity contribution in [3.05, 3.63) is 65.7 Å². The van der Waals surface area contributed by atoms with Crippen molar-refractivity contribution in [1.29, 1.82) is 0 Å². The van der Waals surface area contributed by atoms with Crippen LogP contribution in [0.25, 0.3) is 0 Å². The number of carbonyl (C=O) groups is 3. The highest BCUT2D eigenvalue weighted by Gasteiger charge is 2.30. The van der Waals surface area contributed by atoms with Gasteiger partial charge in [0.2, 0.25) is 11.8 Å². The van der Waals surface area contributed by atoms with Gasteiger partial charge in [0.15, 0.2) is 0 Å². The summed E-state index contributed by atoms with van der Waals surface area (Å²) in [5.41, 5.74) is 15.3. The molecule has 0 unspecified atom stereocenters. The average Bonchev–Trinajstić information content (AvgIpc) is 2.83. The van der Waals surface area contributed by atoms with Gasteiger partial charge in [0.1, 0.15) is 6.04 Å². The fraction of sp³-hybridized carbons (Fsp3) is 0.375. The van der Waals surface area contributed by atoms with E-state index in [0.29, 0.717) is 30.1 Å². The lowest BCUT2D eigenvalue weighted by molar-refractivity contribution is -0.145. The molecule has 8 heteroatoms. The molecule has 1 saturated carbocycles. The second-order valence-corrected chi connectivity index (χ2v) is 8.17. The van der Waals surface area contributed by atoms with Crippen molar-refractivity contribution in [3.63, 3.8) is 0 Å². The van der Waals surface area contributed by atoms with Crippen molar-refractivity contribution in [2.75, 3.05) is 12.0 Å². The molecule has 0 bridgehead atoms. The maximum Gasteiger partial charge on any atom is 0.354 e. The van der Waals surface area contributed by atoms with Crippen molar-refractivity contribution < 1.29 is 19.2 Å². The summed E-state index contributed by atoms with van der Waals surface area (Å²) in [6, 6.07) is 14.8. The number of anilines is 1. The molecule has 1 fully saturated rings. The molecule has 8 nitrogen and oxygen atoms in total. The predicted octanol–water partition coefficient (Wildman–Crippen LogP) is 2.15. The molecule has 0 aliphatic heterocycles. The number of carbonyl (C=O) groups excluding carboxylic acids is 3. The van der Waals surface area contributed by atoms with Crippen LogP contribution in [0.5, 0.6) is 0 Å². The topological polar surface area (TPSA) is 137 Å². The molecule has 2 aromatic rings. The van der Waals surface area contributed by atoms with Gasteiger partial charge in [-0.15, -0.1) is 0 Å². The van der Waals surface area contributed by atoms with Gasteiger partial charge in [-0.3, -0.25) is 9.59 Å². The summed E-state index contributed by atoms with van der Waals surface area (Å²) < 4.78 is 0. The van der Waals surface area contributed by atoms with Crippen LogP contribution in [0.4, 0.5) is 5.69 Å². The van der Waals surface area contributed by atoms with E-state index in [2.05, 4.69) is 10.8 Å². The fourth-order valence-electron chi connectivity index (χ4n) is 3.88. The first-order chi connectivity index (χ1) is 15.5. The molecular formula is C24H30N4O4. The molecule has 0 radical (unpaired) electrons. The van der Waals surface area contributed by atoms with Crippen molar-refractivity contribution >= 4 is 23.5 Å². The Morgan fingerprint density at radius 2 is 1.62 bits per heavy atom. The second-order valence-electron chi connectivity index (χ2n) is 8.17. The van der Waals surface area contributed by atoms with E-state index in [4.69, 9.17) is 16.3 Å². The lowest BCUT2D eigenvalue weighted by Crippen LogP contribution is -2.47. The largest absolute Gasteiger partial charge is 0.366 e. The molecule has 6 N–H and O–H groups in total. The third-order valence-corrected chi connectivity index (χ3v) is 5.87. The summed E-state index contributed by atoms with van der Waals surface area (Å²) in [4.78, 5) is 42.1. The lowest BCUT2D eigenvalue weighted by atomic mass is 9.81. The number of hydrogen-bond acceptors (Lipinski definition) is 6. The molecule has 0 saturated heterocycles. The summed E-state index contributed by atoms with van der Waals surface area (Å²) >= 11 is 0. The molecule has 1 atom stereocenters. The maximum absolute atomic E-state index is 12.9. The Bertz CT molecular complexity index is 909. The molecule has 3 rings (SSSR count). The third-order valence-electron chi connectivity index (χ3n) is 5.87. The van der Waals surface area contributed by atoms with E-state index in [0.717, 1.165) is 31.2 Å². The summed E-state index contributed by atoms with van der Waals surface area (Å²) in [6.07, 6.45) is 3.69. The summed E-state index contributed by atoms with van der Waals surface area (Å²) in [7, 11) is 0. The first kappa shape index (κ1) is 23.3. The smallest absolute Gasteiger partial charge is 0.354 e. The zero-order valence-electron chi connectivity index (χ0n) is 18.0. The molecular weight excluding hydrogens is 408 g/mol. The zero-order valence-corrected chi connectivity index (χ0v) is 18.0. The van der Waals surface area contributed by atoms with Crippen LogP contribution >= 0.6 is 0 Å². The Labute approximate surface area is 187 Å². The highest BCUT2D eigenvalue weighted by molar-refractivity contribution is 5.93. The van der Waals surface area contributed by atoms with Crippen LogP contribution in [0.3, 0.4) is 0 Å². The molecule has 2 aromatic carbocycles. The highest BCUT2D eigenvalue weighted by atomic mass is 16.7. The first-order valence-corrected chi connectivity index (χ1v) is 10.9. The van der Waals surface area contributed by atoms with E-state index in [1.54, 1.807) is 12.1 Å². The molecule has 1 aliphatic carbocycles. The Kier molecular flexibility index (Phi) is 8.21. The molecule has 0 aromatic heterocycles. The molecule has 32 heavy (non-hydrogen) atoms. The molecule has 170 valence electrons. The van der Waals surface area contributed by atoms with Crippen LogP contribution in [-0.4, -0.2) is 30.4 Å². The number of primary amides is 1. The van der Waals surface area contributed by atoms with Gasteiger partial charge in [0, 0.05) is 17.9 Å². The summed E-state index contributed by atoms with van der Waals surface area (Å²) in [5.74, 6) is -0.937. The van der Waals surface area contributed by atoms with Gasteiger partial charge in [-0.05, 0) is 68.0 Å². The summed E-state index contributed by atoms with van der Waals surface area (Å²) in [6.45, 7) is 0.642. The third kappa shape index (κ3) is 6.55. The Morgan fingerprint density at radius 3 is 2.22 bits per heavy atom. The minimum Gasteiger partial charge on any atom is -0.366 e. The van der Waals surface area contributed by atoms with Crippen LogP contribution in [-0.2, 0) is 20.8 Å². The van der Waals surface area contributed by atoms with E-state index in [9.17, 15) is 14.4 Å². The Morgan fingerprint density at radius 1 is 0.969 bits per heavy atom. The first-order valence-electron chi connectivity index (χ1n) is 10.9. The number of nitrogens with two attached hydrogens (primary N) is 2. The standard InChI is InChI=1S/C24H30N4O4/c25-15-17-6-8-19(9-7-17)23(30)27-21(14-16-4-2-1-3-5-16)24(31)32-28-20-12-10-18(11-13-20)22(26)29/h1-5,10-13,17,19,21,28H,6-9,14-15,25H2,(H2,26,29)(H,27,30)/t17?,19?,21-/m0/s1. The van der Waals surface area contributed by atoms with Crippen LogP contribution in [0, 0.1) is 11.8 Å². The van der Waals surface area contributed by atoms with Gasteiger partial charge < -0.3 is 21.6 Å². The van der Waals surface area contributed by atoms with Crippen molar-refractivity contribution in [2.45, 2.75) is 38.1 Å². The normalized spacial score (nSPS) is 18.9. The lowest BCUT2D eigenvalue weighted by Gasteiger charge is -2.28. The van der Waals surface area contributed by atoms with Crippen LogP contribution in [0.15, 0.2) is 54.6 Å². The van der Waals surface area contributed by atoms with Crippen molar-refractivity contribution in [3.8, 4) is 0 Å². The Hall–Kier alpha value is -3.39. The van der Waals surface area contributed by atoms with Gasteiger partial charge in [-0.25, -0.2) is 10.3 Å². The minimum atomic E-state index is -0.838. The van der Waals surface area contributed by atoms with Crippen molar-refractivity contribution in [1.82, 2.24) is 5.32 Å². The highest BCUT2D eigenvalue weighted by Crippen LogP contribution is 2.28. The zero-order chi connectivity index (χ0) is 22.9. The number of amides is 2. The predicted molar refractivity (Wildman–Crippen MR) is 121 cm³/mol. The minimum absolute atomic E-state index is 0.127. The molecule has 1 aliphatic rings. The van der Waals surface area contributed by atoms with Crippen LogP contribution in [0.2, 0.25) is 0 Å². The molecule has 0 heterocycles. The van der Waals surface area contributed by atoms with E-state index < -0.39 is 17.9 Å². The number of rotatable bonds is 9. The van der Waals surface area contributed by atoms with E-state index in [-0.39, 0.29) is 11.8 Å². The van der Waals surface area contributed by atoms with E-state index in [1.165, 1.54) is 12.1 Å². The number of hydrogen-bond donors (Lipinski definition) is 4. The fourth-order valence-corrected chi connectivity index (χ4v) is 3.88. The quantitative estimate of drug-likeness (QED) is 0.443. The van der Waals surface area contributed by atoms with Crippen LogP contribution in [0.1, 0.15) is 41.6 Å². The number of benzene rings is 2. The maximum atomic E-state index is 12.9. The summed E-state index contributed by atoms with van der Waals surface area (Å²) in [5, 5.41) is 2.88. The van der Waals surface area contributed by atoms with E-state index >= 15 is 0 Å². The molecule has 2 amide bonds. The Balaban J connectivity index is 1.63. The van der Waals surface area contributed by atoms with Gasteiger partial charge in [0.25, 0.3) is 0 Å². The van der Waals surface area contributed by atoms with Gasteiger partial charge in [-0.2, -0.15) is 0 Å². The SMILES string of the molecule is NCC1CCC(C(=O)N[C@@H](Cc2ccccc2)C(=O)ONc2ccc(C(N)=O)cc2)CC1. The van der Waals surface area contributed by atoms with Crippen molar-refractivity contribution in [2.24, 2.45) is 23.3 Å². The van der Waals surface area contributed by atoms with Gasteiger partial charge in [0.05, 0.1) is 5.69 Å².